The van der Waals surface area contributed by atoms with Crippen LogP contribution < -0.4 is 5.32 Å². The average molecular weight is 166 g/mol. The number of fused-ring (bicyclic) bond motifs is 3. The van der Waals surface area contributed by atoms with E-state index >= 15 is 0 Å². The minimum atomic E-state index is 0.394. The van der Waals surface area contributed by atoms with Crippen LogP contribution in [0.15, 0.2) is 4.99 Å². The first-order valence-electron chi connectivity index (χ1n) is 4.84. The molecule has 4 unspecified atom stereocenters. The van der Waals surface area contributed by atoms with Crippen molar-refractivity contribution >= 4 is 6.21 Å². The largest absolute Gasteiger partial charge is 0.371 e. The Morgan fingerprint density at radius 2 is 2.42 bits per heavy atom. The highest BCUT2D eigenvalue weighted by Gasteiger charge is 2.45. The minimum absolute atomic E-state index is 0.394. The van der Waals surface area contributed by atoms with Gasteiger partial charge in [-0.15, -0.1) is 0 Å². The summed E-state index contributed by atoms with van der Waals surface area (Å²) in [6.07, 6.45) is 5.45. The highest BCUT2D eigenvalue weighted by molar-refractivity contribution is 5.66. The van der Waals surface area contributed by atoms with Gasteiger partial charge in [0.15, 0.2) is 0 Å². The average Bonchev–Trinajstić information content (AvgIpc) is 2.62. The lowest BCUT2D eigenvalue weighted by molar-refractivity contribution is 0.0310. The van der Waals surface area contributed by atoms with Crippen LogP contribution in [0.25, 0.3) is 0 Å². The fourth-order valence-corrected chi connectivity index (χ4v) is 2.61. The zero-order valence-electron chi connectivity index (χ0n) is 7.07. The maximum Gasteiger partial charge on any atom is 0.0867 e. The summed E-state index contributed by atoms with van der Waals surface area (Å²) in [7, 11) is 0. The first kappa shape index (κ1) is 7.04. The lowest BCUT2D eigenvalue weighted by atomic mass is 9.92. The van der Waals surface area contributed by atoms with Gasteiger partial charge in [-0.2, -0.15) is 0 Å². The minimum Gasteiger partial charge on any atom is -0.371 e. The summed E-state index contributed by atoms with van der Waals surface area (Å²) >= 11 is 0. The fraction of sp³-hybridized carbons (Fsp3) is 0.889. The SMILES string of the molecule is C1=NCC2OC3CCCNC3C12. The van der Waals surface area contributed by atoms with E-state index in [0.717, 1.165) is 13.1 Å². The molecule has 1 N–H and O–H groups in total. The van der Waals surface area contributed by atoms with Crippen LogP contribution in [0.4, 0.5) is 0 Å². The topological polar surface area (TPSA) is 33.6 Å². The first-order chi connectivity index (χ1) is 5.95. The predicted molar refractivity (Wildman–Crippen MR) is 46.5 cm³/mol. The van der Waals surface area contributed by atoms with Gasteiger partial charge in [-0.25, -0.2) is 0 Å². The molecule has 12 heavy (non-hydrogen) atoms. The molecule has 0 aromatic carbocycles. The zero-order chi connectivity index (χ0) is 7.97. The Morgan fingerprint density at radius 1 is 1.42 bits per heavy atom. The highest BCUT2D eigenvalue weighted by atomic mass is 16.5. The van der Waals surface area contributed by atoms with Crippen molar-refractivity contribution in [2.45, 2.75) is 31.1 Å². The van der Waals surface area contributed by atoms with E-state index in [9.17, 15) is 0 Å². The van der Waals surface area contributed by atoms with Gasteiger partial charge < -0.3 is 10.1 Å². The molecule has 4 atom stereocenters. The predicted octanol–water partition coefficient (Wildman–Crippen LogP) is 0.206. The number of rotatable bonds is 0. The normalized spacial score (nSPS) is 50.7. The lowest BCUT2D eigenvalue weighted by Crippen LogP contribution is -2.45. The summed E-state index contributed by atoms with van der Waals surface area (Å²) in [5, 5.41) is 3.54. The second kappa shape index (κ2) is 2.54. The molecule has 3 heterocycles. The molecule has 2 saturated heterocycles. The number of hydrogen-bond acceptors (Lipinski definition) is 3. The molecule has 0 radical (unpaired) electrons. The van der Waals surface area contributed by atoms with Crippen molar-refractivity contribution in [1.82, 2.24) is 5.32 Å². The summed E-state index contributed by atoms with van der Waals surface area (Å²) in [5.41, 5.74) is 0. The molecule has 0 amide bonds. The van der Waals surface area contributed by atoms with Crippen LogP contribution in [0.2, 0.25) is 0 Å². The van der Waals surface area contributed by atoms with Crippen LogP contribution in [0.3, 0.4) is 0 Å². The maximum atomic E-state index is 5.90. The van der Waals surface area contributed by atoms with E-state index in [4.69, 9.17) is 4.74 Å². The number of aliphatic imine (C=N–C) groups is 1. The van der Waals surface area contributed by atoms with Crippen molar-refractivity contribution in [3.8, 4) is 0 Å². The summed E-state index contributed by atoms with van der Waals surface area (Å²) < 4.78 is 5.90. The van der Waals surface area contributed by atoms with Crippen LogP contribution in [0, 0.1) is 5.92 Å². The monoisotopic (exact) mass is 166 g/mol. The maximum absolute atomic E-state index is 5.90. The van der Waals surface area contributed by atoms with Crippen LogP contribution in [0.1, 0.15) is 12.8 Å². The van der Waals surface area contributed by atoms with Gasteiger partial charge in [-0.1, -0.05) is 0 Å². The van der Waals surface area contributed by atoms with Crippen molar-refractivity contribution in [1.29, 1.82) is 0 Å². The van der Waals surface area contributed by atoms with Gasteiger partial charge in [0.05, 0.1) is 18.8 Å². The number of piperidine rings is 1. The van der Waals surface area contributed by atoms with Crippen molar-refractivity contribution in [3.63, 3.8) is 0 Å². The Bertz CT molecular complexity index is 217. The van der Waals surface area contributed by atoms with Gasteiger partial charge in [0.2, 0.25) is 0 Å². The van der Waals surface area contributed by atoms with Gasteiger partial charge in [-0.05, 0) is 19.4 Å². The van der Waals surface area contributed by atoms with Gasteiger partial charge in [0.25, 0.3) is 0 Å². The molecule has 0 aromatic heterocycles. The Hall–Kier alpha value is -0.410. The Kier molecular flexibility index (Phi) is 1.49. The molecule has 2 fully saturated rings. The quantitative estimate of drug-likeness (QED) is 0.558. The lowest BCUT2D eigenvalue weighted by Gasteiger charge is -2.27. The molecular weight excluding hydrogens is 152 g/mol. The van der Waals surface area contributed by atoms with Crippen molar-refractivity contribution < 1.29 is 4.74 Å². The van der Waals surface area contributed by atoms with Crippen molar-refractivity contribution in [2.75, 3.05) is 13.1 Å². The van der Waals surface area contributed by atoms with Crippen molar-refractivity contribution in [3.05, 3.63) is 0 Å². The standard InChI is InChI=1S/C9H14N2O/c1-2-7-9(11-3-1)6-4-10-5-8(6)12-7/h4,6-9,11H,1-3,5H2. The molecule has 3 nitrogen and oxygen atoms in total. The summed E-state index contributed by atoms with van der Waals surface area (Å²) in [6.45, 7) is 2.04. The second-order valence-corrected chi connectivity index (χ2v) is 3.93. The molecule has 0 bridgehead atoms. The first-order valence-corrected chi connectivity index (χ1v) is 4.84. The molecule has 0 saturated carbocycles. The number of ether oxygens (including phenoxy) is 1. The number of nitrogens with one attached hydrogen (secondary N) is 1. The highest BCUT2D eigenvalue weighted by Crippen LogP contribution is 2.33. The Balaban J connectivity index is 1.83. The Labute approximate surface area is 72.2 Å². The van der Waals surface area contributed by atoms with E-state index in [-0.39, 0.29) is 0 Å². The van der Waals surface area contributed by atoms with Gasteiger partial charge >= 0.3 is 0 Å². The molecule has 3 aliphatic rings. The van der Waals surface area contributed by atoms with Gasteiger partial charge in [0, 0.05) is 18.2 Å². The number of hydrogen-bond donors (Lipinski definition) is 1. The van der Waals surface area contributed by atoms with E-state index in [1.165, 1.54) is 12.8 Å². The van der Waals surface area contributed by atoms with Crippen LogP contribution >= 0.6 is 0 Å². The smallest absolute Gasteiger partial charge is 0.0867 e. The molecule has 3 rings (SSSR count). The second-order valence-electron chi connectivity index (χ2n) is 3.93. The summed E-state index contributed by atoms with van der Waals surface area (Å²) in [4.78, 5) is 4.27. The molecule has 3 aliphatic heterocycles. The number of nitrogens with zero attached hydrogens (tertiary/aromatic N) is 1. The van der Waals surface area contributed by atoms with E-state index in [0.29, 0.717) is 24.2 Å². The van der Waals surface area contributed by atoms with E-state index in [1.54, 1.807) is 0 Å². The third-order valence-electron chi connectivity index (χ3n) is 3.20. The van der Waals surface area contributed by atoms with E-state index < -0.39 is 0 Å². The third kappa shape index (κ3) is 0.866. The molecule has 0 spiro atoms. The molecular formula is C9H14N2O. The summed E-state index contributed by atoms with van der Waals surface area (Å²) in [5.74, 6) is 0.565. The fourth-order valence-electron chi connectivity index (χ4n) is 2.61. The summed E-state index contributed by atoms with van der Waals surface area (Å²) in [6, 6.07) is 0.565. The van der Waals surface area contributed by atoms with Gasteiger partial charge in [0.1, 0.15) is 0 Å². The molecule has 3 heteroatoms. The Morgan fingerprint density at radius 3 is 3.42 bits per heavy atom. The third-order valence-corrected chi connectivity index (χ3v) is 3.20. The van der Waals surface area contributed by atoms with E-state index in [2.05, 4.69) is 16.5 Å². The van der Waals surface area contributed by atoms with Crippen LogP contribution in [-0.2, 0) is 4.74 Å². The van der Waals surface area contributed by atoms with Crippen LogP contribution in [-0.4, -0.2) is 37.6 Å². The van der Waals surface area contributed by atoms with Crippen LogP contribution in [0.5, 0.6) is 0 Å². The molecule has 0 aliphatic carbocycles. The van der Waals surface area contributed by atoms with E-state index in [1.807, 2.05) is 0 Å². The molecule has 66 valence electrons. The molecule has 0 aromatic rings. The van der Waals surface area contributed by atoms with Gasteiger partial charge in [-0.3, -0.25) is 4.99 Å². The zero-order valence-corrected chi connectivity index (χ0v) is 7.07. The van der Waals surface area contributed by atoms with Crippen molar-refractivity contribution in [2.24, 2.45) is 10.9 Å².